The molecule has 4 rings (SSSR count). The molecule has 0 saturated carbocycles. The van der Waals surface area contributed by atoms with Gasteiger partial charge in [0.25, 0.3) is 0 Å². The number of aryl methyl sites for hydroxylation is 1. The molecule has 5 nitrogen and oxygen atoms in total. The van der Waals surface area contributed by atoms with Crippen LogP contribution in [0.15, 0.2) is 42.6 Å². The van der Waals surface area contributed by atoms with Crippen LogP contribution in [0.25, 0.3) is 11.0 Å². The molecule has 2 aromatic heterocycles. The molecule has 3 aromatic rings. The number of hydrogen-bond acceptors (Lipinski definition) is 4. The van der Waals surface area contributed by atoms with Crippen molar-refractivity contribution >= 4 is 11.0 Å². The number of hydrogen-bond donors (Lipinski definition) is 2. The molecule has 1 aliphatic carbocycles. The molecule has 2 unspecified atom stereocenters. The van der Waals surface area contributed by atoms with Crippen LogP contribution in [0, 0.1) is 0 Å². The van der Waals surface area contributed by atoms with Gasteiger partial charge >= 0.3 is 0 Å². The van der Waals surface area contributed by atoms with Gasteiger partial charge in [0.05, 0.1) is 28.8 Å². The Bertz CT molecular complexity index is 876. The van der Waals surface area contributed by atoms with E-state index >= 15 is 0 Å². The van der Waals surface area contributed by atoms with Crippen molar-refractivity contribution < 1.29 is 1.41 Å². The second-order valence-electron chi connectivity index (χ2n) is 7.47. The van der Waals surface area contributed by atoms with Crippen LogP contribution in [-0.4, -0.2) is 32.9 Å². The molecule has 5 heteroatoms. The number of unbranched alkanes of at least 4 members (excludes halogenated alkanes) is 1. The SMILES string of the molecule is [2H]NCCCCN(C(C)c1nc2ccccc2[nH]1)C1CCCc2cccnc21. The first kappa shape index (κ1) is 16.9. The summed E-state index contributed by atoms with van der Waals surface area (Å²) in [5.74, 6) is 1.02. The maximum absolute atomic E-state index is 7.17. The van der Waals surface area contributed by atoms with E-state index in [0.717, 1.165) is 55.6 Å². The molecule has 142 valence electrons. The van der Waals surface area contributed by atoms with Gasteiger partial charge in [0, 0.05) is 6.20 Å². The monoisotopic (exact) mass is 364 g/mol. The first-order valence-corrected chi connectivity index (χ1v) is 10.1. The maximum atomic E-state index is 7.17. The highest BCUT2D eigenvalue weighted by atomic mass is 15.2. The fourth-order valence-electron chi connectivity index (χ4n) is 4.27. The van der Waals surface area contributed by atoms with Crippen molar-refractivity contribution in [2.24, 2.45) is 5.73 Å². The summed E-state index contributed by atoms with van der Waals surface area (Å²) in [5, 5.41) is 0. The van der Waals surface area contributed by atoms with Crippen LogP contribution in [0.5, 0.6) is 0 Å². The fraction of sp³-hybridized carbons (Fsp3) is 0.455. The van der Waals surface area contributed by atoms with Crippen molar-refractivity contribution in [3.8, 4) is 0 Å². The number of H-pyrrole nitrogens is 1. The number of nitrogens with one attached hydrogen (secondary N) is 1. The van der Waals surface area contributed by atoms with Gasteiger partial charge in [0.15, 0.2) is 0 Å². The summed E-state index contributed by atoms with van der Waals surface area (Å²) < 4.78 is 7.17. The average molecular weight is 365 g/mol. The zero-order valence-corrected chi connectivity index (χ0v) is 16.0. The highest BCUT2D eigenvalue weighted by Crippen LogP contribution is 2.37. The van der Waals surface area contributed by atoms with Crippen LogP contribution < -0.4 is 5.73 Å². The van der Waals surface area contributed by atoms with Crippen LogP contribution in [0.1, 0.15) is 61.8 Å². The number of rotatable bonds is 8. The molecule has 0 spiro atoms. The van der Waals surface area contributed by atoms with Crippen molar-refractivity contribution in [1.29, 1.82) is 0 Å². The average Bonchev–Trinajstić information content (AvgIpc) is 3.18. The molecule has 0 saturated heterocycles. The van der Waals surface area contributed by atoms with E-state index in [1.807, 2.05) is 24.4 Å². The molecule has 2 heterocycles. The lowest BCUT2D eigenvalue weighted by atomic mass is 9.90. The number of aromatic amines is 1. The van der Waals surface area contributed by atoms with E-state index in [4.69, 9.17) is 11.4 Å². The molecule has 0 amide bonds. The van der Waals surface area contributed by atoms with Gasteiger partial charge < -0.3 is 10.7 Å². The second kappa shape index (κ2) is 8.19. The fourth-order valence-corrected chi connectivity index (χ4v) is 4.27. The number of pyridine rings is 1. The Hall–Kier alpha value is -2.24. The Kier molecular flexibility index (Phi) is 5.13. The van der Waals surface area contributed by atoms with Crippen molar-refractivity contribution in [3.05, 3.63) is 59.7 Å². The minimum absolute atomic E-state index is 0.175. The minimum atomic E-state index is 0.175. The van der Waals surface area contributed by atoms with Gasteiger partial charge in [-0.05, 0) is 75.9 Å². The summed E-state index contributed by atoms with van der Waals surface area (Å²) >= 11 is 0. The van der Waals surface area contributed by atoms with Crippen molar-refractivity contribution in [3.63, 3.8) is 0 Å². The summed E-state index contributed by atoms with van der Waals surface area (Å²) in [6.07, 6.45) is 7.41. The lowest BCUT2D eigenvalue weighted by Crippen LogP contribution is -2.35. The largest absolute Gasteiger partial charge is 0.341 e. The Labute approximate surface area is 162 Å². The number of fused-ring (bicyclic) bond motifs is 2. The second-order valence-corrected chi connectivity index (χ2v) is 7.47. The molecule has 0 fully saturated rings. The van der Waals surface area contributed by atoms with E-state index in [2.05, 4.69) is 40.7 Å². The lowest BCUT2D eigenvalue weighted by molar-refractivity contribution is 0.118. The topological polar surface area (TPSA) is 70.8 Å². The molecule has 1 aromatic carbocycles. The van der Waals surface area contributed by atoms with Crippen molar-refractivity contribution in [2.75, 3.05) is 13.1 Å². The van der Waals surface area contributed by atoms with E-state index in [0.29, 0.717) is 6.04 Å². The summed E-state index contributed by atoms with van der Waals surface area (Å²) in [5.41, 5.74) is 7.24. The van der Waals surface area contributed by atoms with Gasteiger partial charge in [0.2, 0.25) is 0 Å². The van der Waals surface area contributed by atoms with Crippen molar-refractivity contribution in [2.45, 2.75) is 51.1 Å². The van der Waals surface area contributed by atoms with Crippen LogP contribution in [0.3, 0.4) is 0 Å². The number of aromatic nitrogens is 3. The Morgan fingerprint density at radius 2 is 2.22 bits per heavy atom. The zero-order valence-electron chi connectivity index (χ0n) is 17.0. The summed E-state index contributed by atoms with van der Waals surface area (Å²) in [6.45, 7) is 3.95. The molecular formula is C22H29N5. The molecule has 3 N–H and O–H groups in total. The summed E-state index contributed by atoms with van der Waals surface area (Å²) in [4.78, 5) is 15.7. The third-order valence-corrected chi connectivity index (χ3v) is 5.71. The molecule has 0 bridgehead atoms. The van der Waals surface area contributed by atoms with E-state index in [1.54, 1.807) is 0 Å². The van der Waals surface area contributed by atoms with Gasteiger partial charge in [-0.25, -0.2) is 4.98 Å². The summed E-state index contributed by atoms with van der Waals surface area (Å²) in [6, 6.07) is 13.0. The first-order valence-electron chi connectivity index (χ1n) is 10.6. The van der Waals surface area contributed by atoms with Gasteiger partial charge in [-0.1, -0.05) is 18.2 Å². The number of nitrogens with two attached hydrogens (primary N) is 1. The van der Waals surface area contributed by atoms with Gasteiger partial charge in [0.1, 0.15) is 7.24 Å². The molecule has 0 aliphatic heterocycles. The molecular weight excluding hydrogens is 334 g/mol. The quantitative estimate of drug-likeness (QED) is 0.589. The van der Waals surface area contributed by atoms with E-state index in [9.17, 15) is 0 Å². The van der Waals surface area contributed by atoms with Crippen LogP contribution in [0.4, 0.5) is 0 Å². The number of para-hydroxylation sites is 2. The maximum Gasteiger partial charge on any atom is 0.124 e. The van der Waals surface area contributed by atoms with Gasteiger partial charge in [-0.2, -0.15) is 0 Å². The molecule has 27 heavy (non-hydrogen) atoms. The third-order valence-electron chi connectivity index (χ3n) is 5.71. The highest BCUT2D eigenvalue weighted by molar-refractivity contribution is 5.74. The molecule has 2 atom stereocenters. The standard InChI is InChI=1S/C22H29N5/c1-16(22-25-18-10-2-3-11-19(18)26-22)27(15-5-4-13-23)20-12-6-8-17-9-7-14-24-21(17)20/h2-3,7,9-11,14,16,20H,4-6,8,12-13,15,23H2,1H3,(H,25,26)/i/hD. The van der Waals surface area contributed by atoms with Crippen LogP contribution in [0.2, 0.25) is 1.41 Å². The van der Waals surface area contributed by atoms with Crippen LogP contribution >= 0.6 is 0 Å². The lowest BCUT2D eigenvalue weighted by Gasteiger charge is -2.38. The number of imidazole rings is 1. The predicted molar refractivity (Wildman–Crippen MR) is 109 cm³/mol. The van der Waals surface area contributed by atoms with Gasteiger partial charge in [-0.15, -0.1) is 0 Å². The smallest absolute Gasteiger partial charge is 0.124 e. The number of nitrogens with zero attached hydrogens (tertiary/aromatic N) is 3. The highest BCUT2D eigenvalue weighted by Gasteiger charge is 2.31. The van der Waals surface area contributed by atoms with E-state index < -0.39 is 0 Å². The van der Waals surface area contributed by atoms with E-state index in [-0.39, 0.29) is 6.04 Å². The minimum Gasteiger partial charge on any atom is -0.341 e. The molecule has 1 aliphatic rings. The predicted octanol–water partition coefficient (Wildman–Crippen LogP) is 4.14. The molecule has 0 radical (unpaired) electrons. The first-order chi connectivity index (χ1) is 13.8. The third kappa shape index (κ3) is 3.75. The zero-order chi connectivity index (χ0) is 19.3. The Morgan fingerprint density at radius 3 is 3.11 bits per heavy atom. The Balaban J connectivity index is 1.63. The number of benzene rings is 1. The summed E-state index contributed by atoms with van der Waals surface area (Å²) in [7, 11) is 0. The van der Waals surface area contributed by atoms with Crippen molar-refractivity contribution in [1.82, 2.24) is 19.9 Å². The van der Waals surface area contributed by atoms with Crippen LogP contribution in [-0.2, 0) is 6.42 Å². The Morgan fingerprint density at radius 1 is 1.30 bits per heavy atom. The van der Waals surface area contributed by atoms with E-state index in [1.165, 1.54) is 17.7 Å². The normalized spacial score (nSPS) is 18.4. The van der Waals surface area contributed by atoms with Gasteiger partial charge in [-0.3, -0.25) is 9.88 Å².